The van der Waals surface area contributed by atoms with Gasteiger partial charge >= 0.3 is 0 Å². The van der Waals surface area contributed by atoms with Crippen molar-refractivity contribution >= 4 is 5.91 Å². The standard InChI is InChI=1S/C8H16N2O2/c1-2-10-8(5-7(9)11)3-4-12-6-8/h10H,2-6H2,1H3,(H2,9,11). The molecule has 1 heterocycles. The number of nitrogens with one attached hydrogen (secondary N) is 1. The quantitative estimate of drug-likeness (QED) is 0.608. The van der Waals surface area contributed by atoms with Crippen molar-refractivity contribution in [2.75, 3.05) is 19.8 Å². The molecule has 0 aromatic heterocycles. The van der Waals surface area contributed by atoms with Gasteiger partial charge in [0.15, 0.2) is 0 Å². The molecule has 0 aliphatic carbocycles. The molecule has 1 fully saturated rings. The smallest absolute Gasteiger partial charge is 0.219 e. The average molecular weight is 172 g/mol. The molecule has 12 heavy (non-hydrogen) atoms. The zero-order valence-corrected chi connectivity index (χ0v) is 7.43. The molecule has 4 nitrogen and oxygen atoms in total. The number of amides is 1. The highest BCUT2D eigenvalue weighted by molar-refractivity contribution is 5.75. The van der Waals surface area contributed by atoms with Crippen LogP contribution in [0.3, 0.4) is 0 Å². The van der Waals surface area contributed by atoms with E-state index in [0.29, 0.717) is 13.0 Å². The largest absolute Gasteiger partial charge is 0.379 e. The summed E-state index contributed by atoms with van der Waals surface area (Å²) in [5, 5.41) is 3.26. The Bertz CT molecular complexity index is 164. The lowest BCUT2D eigenvalue weighted by atomic mass is 9.94. The van der Waals surface area contributed by atoms with Crippen LogP contribution in [0.5, 0.6) is 0 Å². The van der Waals surface area contributed by atoms with Crippen molar-refractivity contribution in [1.29, 1.82) is 0 Å². The minimum absolute atomic E-state index is 0.180. The Labute approximate surface area is 72.5 Å². The second kappa shape index (κ2) is 3.87. The van der Waals surface area contributed by atoms with Gasteiger partial charge in [0, 0.05) is 13.0 Å². The summed E-state index contributed by atoms with van der Waals surface area (Å²) in [7, 11) is 0. The number of primary amides is 1. The van der Waals surface area contributed by atoms with Gasteiger partial charge in [-0.3, -0.25) is 4.79 Å². The predicted octanol–water partition coefficient (Wildman–Crippen LogP) is -0.370. The molecular formula is C8H16N2O2. The van der Waals surface area contributed by atoms with Crippen LogP contribution < -0.4 is 11.1 Å². The Morgan fingerprint density at radius 2 is 2.50 bits per heavy atom. The maximum atomic E-state index is 10.8. The molecule has 70 valence electrons. The monoisotopic (exact) mass is 172 g/mol. The lowest BCUT2D eigenvalue weighted by Crippen LogP contribution is -2.48. The lowest BCUT2D eigenvalue weighted by Gasteiger charge is -2.26. The number of likely N-dealkylation sites (N-methyl/N-ethyl adjacent to an activating group) is 1. The summed E-state index contributed by atoms with van der Waals surface area (Å²) in [6.07, 6.45) is 1.25. The van der Waals surface area contributed by atoms with Gasteiger partial charge in [0.05, 0.1) is 12.1 Å². The van der Waals surface area contributed by atoms with Crippen LogP contribution in [0.2, 0.25) is 0 Å². The zero-order valence-electron chi connectivity index (χ0n) is 7.43. The molecule has 3 N–H and O–H groups in total. The van der Waals surface area contributed by atoms with Crippen molar-refractivity contribution in [2.24, 2.45) is 5.73 Å². The zero-order chi connectivity index (χ0) is 9.03. The van der Waals surface area contributed by atoms with E-state index >= 15 is 0 Å². The van der Waals surface area contributed by atoms with Crippen LogP contribution in [0.25, 0.3) is 0 Å². The van der Waals surface area contributed by atoms with E-state index < -0.39 is 0 Å². The van der Waals surface area contributed by atoms with Crippen LogP contribution in [-0.2, 0) is 9.53 Å². The fourth-order valence-corrected chi connectivity index (χ4v) is 1.66. The maximum absolute atomic E-state index is 10.8. The first kappa shape index (κ1) is 9.48. The molecule has 1 saturated heterocycles. The van der Waals surface area contributed by atoms with Gasteiger partial charge in [0.1, 0.15) is 0 Å². The summed E-state index contributed by atoms with van der Waals surface area (Å²) < 4.78 is 5.24. The first-order valence-electron chi connectivity index (χ1n) is 4.30. The predicted molar refractivity (Wildman–Crippen MR) is 45.7 cm³/mol. The first-order valence-corrected chi connectivity index (χ1v) is 4.30. The van der Waals surface area contributed by atoms with E-state index in [1.54, 1.807) is 0 Å². The number of hydrogen-bond acceptors (Lipinski definition) is 3. The van der Waals surface area contributed by atoms with Crippen LogP contribution in [0.15, 0.2) is 0 Å². The van der Waals surface area contributed by atoms with E-state index in [0.717, 1.165) is 19.6 Å². The van der Waals surface area contributed by atoms with Crippen molar-refractivity contribution in [1.82, 2.24) is 5.32 Å². The average Bonchev–Trinajstić information content (AvgIpc) is 2.36. The topological polar surface area (TPSA) is 64.3 Å². The van der Waals surface area contributed by atoms with Gasteiger partial charge in [-0.15, -0.1) is 0 Å². The molecule has 1 unspecified atom stereocenters. The highest BCUT2D eigenvalue weighted by Gasteiger charge is 2.35. The van der Waals surface area contributed by atoms with Crippen molar-refractivity contribution < 1.29 is 9.53 Å². The summed E-state index contributed by atoms with van der Waals surface area (Å²) in [4.78, 5) is 10.8. The molecule has 1 aliphatic heterocycles. The van der Waals surface area contributed by atoms with Gasteiger partial charge in [0.25, 0.3) is 0 Å². The summed E-state index contributed by atoms with van der Waals surface area (Å²) in [5.41, 5.74) is 4.97. The molecule has 1 rings (SSSR count). The maximum Gasteiger partial charge on any atom is 0.219 e. The van der Waals surface area contributed by atoms with E-state index in [2.05, 4.69) is 5.32 Å². The Kier molecular flexibility index (Phi) is 3.05. The summed E-state index contributed by atoms with van der Waals surface area (Å²) in [6.45, 7) is 4.18. The van der Waals surface area contributed by atoms with Crippen LogP contribution in [0, 0.1) is 0 Å². The molecule has 0 radical (unpaired) electrons. The fourth-order valence-electron chi connectivity index (χ4n) is 1.66. The van der Waals surface area contributed by atoms with Gasteiger partial charge in [-0.05, 0) is 13.0 Å². The van der Waals surface area contributed by atoms with E-state index in [1.807, 2.05) is 6.92 Å². The molecule has 0 aromatic rings. The molecule has 1 aliphatic rings. The van der Waals surface area contributed by atoms with Crippen molar-refractivity contribution in [3.8, 4) is 0 Å². The van der Waals surface area contributed by atoms with E-state index in [4.69, 9.17) is 10.5 Å². The lowest BCUT2D eigenvalue weighted by molar-refractivity contribution is -0.119. The number of carbonyl (C=O) groups excluding carboxylic acids is 1. The minimum atomic E-state index is -0.263. The third-order valence-corrected chi connectivity index (χ3v) is 2.17. The van der Waals surface area contributed by atoms with Crippen LogP contribution in [-0.4, -0.2) is 31.2 Å². The second-order valence-electron chi connectivity index (χ2n) is 3.26. The Morgan fingerprint density at radius 3 is 2.92 bits per heavy atom. The van der Waals surface area contributed by atoms with Gasteiger partial charge in [-0.1, -0.05) is 6.92 Å². The molecule has 0 bridgehead atoms. The molecule has 0 saturated carbocycles. The Balaban J connectivity index is 2.52. The SMILES string of the molecule is CCNC1(CC(N)=O)CCOC1. The van der Waals surface area contributed by atoms with Gasteiger partial charge in [0.2, 0.25) is 5.91 Å². The Morgan fingerprint density at radius 1 is 1.75 bits per heavy atom. The molecular weight excluding hydrogens is 156 g/mol. The van der Waals surface area contributed by atoms with E-state index in [9.17, 15) is 4.79 Å². The molecule has 1 atom stereocenters. The van der Waals surface area contributed by atoms with Crippen LogP contribution >= 0.6 is 0 Å². The van der Waals surface area contributed by atoms with Crippen molar-refractivity contribution in [3.05, 3.63) is 0 Å². The van der Waals surface area contributed by atoms with E-state index in [-0.39, 0.29) is 11.4 Å². The summed E-state index contributed by atoms with van der Waals surface area (Å²) in [6, 6.07) is 0. The first-order chi connectivity index (χ1) is 5.68. The van der Waals surface area contributed by atoms with Gasteiger partial charge in [-0.2, -0.15) is 0 Å². The molecule has 1 amide bonds. The number of carbonyl (C=O) groups is 1. The second-order valence-corrected chi connectivity index (χ2v) is 3.26. The third kappa shape index (κ3) is 2.19. The van der Waals surface area contributed by atoms with E-state index in [1.165, 1.54) is 0 Å². The fraction of sp³-hybridized carbons (Fsp3) is 0.875. The van der Waals surface area contributed by atoms with Gasteiger partial charge in [-0.25, -0.2) is 0 Å². The molecule has 4 heteroatoms. The summed E-state index contributed by atoms with van der Waals surface area (Å²) >= 11 is 0. The highest BCUT2D eigenvalue weighted by Crippen LogP contribution is 2.21. The molecule has 0 aromatic carbocycles. The number of nitrogens with two attached hydrogens (primary N) is 1. The molecule has 0 spiro atoms. The summed E-state index contributed by atoms with van der Waals surface area (Å²) in [5.74, 6) is -0.263. The Hall–Kier alpha value is -0.610. The highest BCUT2D eigenvalue weighted by atomic mass is 16.5. The number of rotatable bonds is 4. The third-order valence-electron chi connectivity index (χ3n) is 2.17. The number of ether oxygens (including phenoxy) is 1. The van der Waals surface area contributed by atoms with Crippen LogP contribution in [0.4, 0.5) is 0 Å². The normalized spacial score (nSPS) is 29.1. The van der Waals surface area contributed by atoms with Crippen molar-refractivity contribution in [3.63, 3.8) is 0 Å². The van der Waals surface area contributed by atoms with Crippen LogP contribution in [0.1, 0.15) is 19.8 Å². The number of hydrogen-bond donors (Lipinski definition) is 2. The minimum Gasteiger partial charge on any atom is -0.379 e. The van der Waals surface area contributed by atoms with Gasteiger partial charge < -0.3 is 15.8 Å². The van der Waals surface area contributed by atoms with Crippen molar-refractivity contribution in [2.45, 2.75) is 25.3 Å².